The Balaban J connectivity index is 2.11. The molecule has 0 aromatic carbocycles. The van der Waals surface area contributed by atoms with E-state index >= 15 is 0 Å². The van der Waals surface area contributed by atoms with Gasteiger partial charge in [0.15, 0.2) is 17.9 Å². The van der Waals surface area contributed by atoms with Crippen LogP contribution in [-0.2, 0) is 38.1 Å². The number of Topliss-reactive ketones (excluding diaryl/α,β-unsaturated/α-hetero) is 1. The lowest BCUT2D eigenvalue weighted by atomic mass is 9.85. The van der Waals surface area contributed by atoms with Crippen LogP contribution >= 0.6 is 0 Å². The van der Waals surface area contributed by atoms with Crippen molar-refractivity contribution in [2.75, 3.05) is 14.2 Å². The fraction of sp³-hybridized carbons (Fsp3) is 0.511. The summed E-state index contributed by atoms with van der Waals surface area (Å²) in [4.78, 5) is 38.7. The molecule has 13 atom stereocenters. The first-order chi connectivity index (χ1) is 28.4. The molecule has 0 unspecified atom stereocenters. The van der Waals surface area contributed by atoms with Crippen molar-refractivity contribution in [2.45, 2.75) is 129 Å². The van der Waals surface area contributed by atoms with Gasteiger partial charge in [0.2, 0.25) is 0 Å². The van der Waals surface area contributed by atoms with Crippen LogP contribution in [0.4, 0.5) is 0 Å². The van der Waals surface area contributed by atoms with Gasteiger partial charge in [0.05, 0.1) is 36.9 Å². The zero-order valence-corrected chi connectivity index (χ0v) is 36.2. The molecule has 0 amide bonds. The minimum absolute atomic E-state index is 0.130. The van der Waals surface area contributed by atoms with Gasteiger partial charge in [0.1, 0.15) is 30.5 Å². The van der Waals surface area contributed by atoms with Gasteiger partial charge in [-0.15, -0.1) is 0 Å². The predicted octanol–water partition coefficient (Wildman–Crippen LogP) is 4.82. The van der Waals surface area contributed by atoms with Crippen LogP contribution in [0.1, 0.15) is 61.3 Å². The van der Waals surface area contributed by atoms with Crippen LogP contribution in [0.3, 0.4) is 0 Å². The number of hydrogen-bond donors (Lipinski definition) is 5. The van der Waals surface area contributed by atoms with Crippen LogP contribution in [0.2, 0.25) is 0 Å². The van der Waals surface area contributed by atoms with E-state index in [2.05, 4.69) is 0 Å². The van der Waals surface area contributed by atoms with Crippen LogP contribution in [-0.4, -0.2) is 125 Å². The van der Waals surface area contributed by atoms with Gasteiger partial charge in [-0.1, -0.05) is 104 Å². The van der Waals surface area contributed by atoms with Crippen molar-refractivity contribution >= 4 is 17.5 Å². The maximum Gasteiger partial charge on any atom is 0.309 e. The summed E-state index contributed by atoms with van der Waals surface area (Å²) in [7, 11) is 2.90. The van der Waals surface area contributed by atoms with Gasteiger partial charge in [-0.3, -0.25) is 14.4 Å². The first kappa shape index (κ1) is 52.0. The van der Waals surface area contributed by atoms with E-state index in [-0.39, 0.29) is 18.6 Å². The number of hydrogen-bond acceptors (Lipinski definition) is 13. The molecule has 0 aromatic heterocycles. The Hall–Kier alpha value is -4.15. The van der Waals surface area contributed by atoms with Crippen LogP contribution in [0.15, 0.2) is 120 Å². The van der Waals surface area contributed by atoms with E-state index < -0.39 is 90.9 Å². The standard InChI is InChI=1S/C47H66O13/c1-29-20-19-21-31(3)42(53)38(50)24-17-11-10-12-18-25-40(60-41(52)27-26-30(2)39(51)28-29)33(5)43(54)32(4)36(48)22-15-13-14-16-23-37(49)34(6)58-47-46(57-9)44(55)45(56-8)35(7)59-47/h10-24,26,28,32-35,37-40,43-47,49-51,54-55H,25,27H2,1-9H3/b11-10+,14-13-,18-12+,20-19-,22-15+,23-16+,24-17+,29-28+,30-26+,31-21-/t32-,33+,34-,35-,37+,38-,39-,40-,43+,44-,45-,46-,47+/m0/s1. The van der Waals surface area contributed by atoms with Gasteiger partial charge in [-0.25, -0.2) is 0 Å². The highest BCUT2D eigenvalue weighted by molar-refractivity contribution is 5.99. The number of aliphatic hydroxyl groups excluding tert-OH is 5. The molecule has 0 spiro atoms. The van der Waals surface area contributed by atoms with Crippen molar-refractivity contribution in [2.24, 2.45) is 11.8 Å². The minimum Gasteiger partial charge on any atom is -0.461 e. The Morgan fingerprint density at radius 2 is 1.55 bits per heavy atom. The van der Waals surface area contributed by atoms with E-state index in [4.69, 9.17) is 23.7 Å². The number of allylic oxidation sites excluding steroid dienone is 13. The topological polar surface area (TPSA) is 199 Å². The summed E-state index contributed by atoms with van der Waals surface area (Å²) in [6.07, 6.45) is 17.1. The Bertz CT molecular complexity index is 1700. The molecule has 0 aromatic rings. The van der Waals surface area contributed by atoms with Gasteiger partial charge < -0.3 is 49.2 Å². The average Bonchev–Trinajstić information content (AvgIpc) is 3.21. The van der Waals surface area contributed by atoms with E-state index in [1.54, 1.807) is 121 Å². The highest BCUT2D eigenvalue weighted by Crippen LogP contribution is 2.27. The number of ether oxygens (including phenoxy) is 5. The van der Waals surface area contributed by atoms with Crippen LogP contribution in [0.25, 0.3) is 0 Å². The van der Waals surface area contributed by atoms with Crippen molar-refractivity contribution in [3.05, 3.63) is 120 Å². The number of ketones is 2. The first-order valence-corrected chi connectivity index (χ1v) is 20.2. The monoisotopic (exact) mass is 838 g/mol. The fourth-order valence-electron chi connectivity index (χ4n) is 6.31. The zero-order valence-electron chi connectivity index (χ0n) is 36.2. The summed E-state index contributed by atoms with van der Waals surface area (Å²) in [5.41, 5.74) is 1.59. The Morgan fingerprint density at radius 3 is 2.23 bits per heavy atom. The van der Waals surface area contributed by atoms with Gasteiger partial charge in [-0.05, 0) is 64.0 Å². The summed E-state index contributed by atoms with van der Waals surface area (Å²) in [5.74, 6) is -2.90. The number of carbonyl (C=O) groups excluding carboxylic acids is 3. The number of rotatable bonds is 13. The molecule has 2 aliphatic rings. The molecular formula is C47H66O13. The fourth-order valence-corrected chi connectivity index (χ4v) is 6.31. The molecular weight excluding hydrogens is 773 g/mol. The molecule has 1 saturated heterocycles. The molecule has 5 N–H and O–H groups in total. The second-order valence-electron chi connectivity index (χ2n) is 15.1. The van der Waals surface area contributed by atoms with Crippen molar-refractivity contribution in [1.82, 2.24) is 0 Å². The molecule has 0 radical (unpaired) electrons. The third-order valence-corrected chi connectivity index (χ3v) is 10.4. The Labute approximate surface area is 355 Å². The first-order valence-electron chi connectivity index (χ1n) is 20.2. The minimum atomic E-state index is -1.33. The molecule has 13 nitrogen and oxygen atoms in total. The smallest absolute Gasteiger partial charge is 0.309 e. The van der Waals surface area contributed by atoms with Crippen molar-refractivity contribution < 1.29 is 63.6 Å². The van der Waals surface area contributed by atoms with Crippen LogP contribution in [0, 0.1) is 11.8 Å². The number of carbonyl (C=O) groups is 3. The van der Waals surface area contributed by atoms with Gasteiger partial charge in [0, 0.05) is 32.5 Å². The lowest BCUT2D eigenvalue weighted by Gasteiger charge is -2.43. The van der Waals surface area contributed by atoms with E-state index in [0.29, 0.717) is 16.7 Å². The molecule has 2 heterocycles. The molecule has 0 saturated carbocycles. The summed E-state index contributed by atoms with van der Waals surface area (Å²) >= 11 is 0. The predicted molar refractivity (Wildman–Crippen MR) is 229 cm³/mol. The third kappa shape index (κ3) is 17.1. The number of methoxy groups -OCH3 is 2. The normalized spacial score (nSPS) is 34.3. The van der Waals surface area contributed by atoms with E-state index in [9.17, 15) is 39.9 Å². The molecule has 2 rings (SSSR count). The molecule has 0 aliphatic carbocycles. The largest absolute Gasteiger partial charge is 0.461 e. The van der Waals surface area contributed by atoms with Crippen molar-refractivity contribution in [3.63, 3.8) is 0 Å². The molecule has 60 heavy (non-hydrogen) atoms. The Morgan fingerprint density at radius 1 is 0.883 bits per heavy atom. The zero-order chi connectivity index (χ0) is 44.9. The highest BCUT2D eigenvalue weighted by atomic mass is 16.7. The van der Waals surface area contributed by atoms with E-state index in [0.717, 1.165) is 0 Å². The number of aliphatic hydroxyl groups is 5. The van der Waals surface area contributed by atoms with Gasteiger partial charge in [0.25, 0.3) is 0 Å². The van der Waals surface area contributed by atoms with Crippen LogP contribution in [0.5, 0.6) is 0 Å². The average molecular weight is 839 g/mol. The third-order valence-electron chi connectivity index (χ3n) is 10.4. The van der Waals surface area contributed by atoms with Gasteiger partial charge in [-0.2, -0.15) is 0 Å². The lowest BCUT2D eigenvalue weighted by Crippen LogP contribution is -2.59. The summed E-state index contributed by atoms with van der Waals surface area (Å²) in [5, 5.41) is 53.5. The van der Waals surface area contributed by atoms with E-state index in [1.807, 2.05) is 0 Å². The number of esters is 1. The SMILES string of the molecule is CO[C@@H]1[C@H](O[C@@H](C)[C@H](O)/C=C/C=C\C=C\C(=O)[C@H](C)[C@@H](O)[C@H](C)[C@@H]2C/C=C/C=C/C=C/[C@H](O)C(=O)\C(C)=C/C=C\C(C)=C\[C@H](O)/C(C)=C/CC(=O)O2)O[C@@H](C)[C@H](OC)[C@@H]1O. The number of cyclic esters (lactones) is 1. The molecule has 1 fully saturated rings. The summed E-state index contributed by atoms with van der Waals surface area (Å²) in [6, 6.07) is 0. The van der Waals surface area contributed by atoms with Crippen LogP contribution < -0.4 is 0 Å². The quantitative estimate of drug-likeness (QED) is 0.0734. The molecule has 0 bridgehead atoms. The van der Waals surface area contributed by atoms with Crippen molar-refractivity contribution in [3.8, 4) is 0 Å². The maximum atomic E-state index is 13.1. The van der Waals surface area contributed by atoms with Gasteiger partial charge >= 0.3 is 5.97 Å². The second kappa shape index (κ2) is 26.9. The molecule has 332 valence electrons. The highest BCUT2D eigenvalue weighted by Gasteiger charge is 2.45. The summed E-state index contributed by atoms with van der Waals surface area (Å²) in [6.45, 7) is 11.8. The van der Waals surface area contributed by atoms with Crippen molar-refractivity contribution in [1.29, 1.82) is 0 Å². The lowest BCUT2D eigenvalue weighted by molar-refractivity contribution is -0.314. The Kier molecular flexibility index (Phi) is 23.3. The molecule has 2 aliphatic heterocycles. The second-order valence-corrected chi connectivity index (χ2v) is 15.1. The summed E-state index contributed by atoms with van der Waals surface area (Å²) < 4.78 is 28.2. The van der Waals surface area contributed by atoms with E-state index in [1.165, 1.54) is 44.6 Å². The molecule has 13 heteroatoms. The maximum absolute atomic E-state index is 13.1.